The normalized spacial score (nSPS) is 11.9. The van der Waals surface area contributed by atoms with Crippen molar-refractivity contribution >= 4 is 32.3 Å². The summed E-state index contributed by atoms with van der Waals surface area (Å²) in [5.41, 5.74) is 4.46. The quantitative estimate of drug-likeness (QED) is 0.188. The molecular weight excluding hydrogens is 490 g/mol. The van der Waals surface area contributed by atoms with Crippen molar-refractivity contribution in [1.82, 2.24) is 14.9 Å². The van der Waals surface area contributed by atoms with Crippen molar-refractivity contribution in [3.63, 3.8) is 0 Å². The van der Waals surface area contributed by atoms with Crippen molar-refractivity contribution in [3.8, 4) is 22.0 Å². The highest BCUT2D eigenvalue weighted by atomic mass is 32.2. The van der Waals surface area contributed by atoms with Crippen LogP contribution in [-0.4, -0.2) is 25.2 Å². The molecule has 0 saturated heterocycles. The van der Waals surface area contributed by atoms with Crippen LogP contribution in [0.5, 0.6) is 0 Å². The first-order chi connectivity index (χ1) is 17.5. The highest BCUT2D eigenvalue weighted by Gasteiger charge is 2.21. The van der Waals surface area contributed by atoms with Crippen molar-refractivity contribution in [3.05, 3.63) is 83.2 Å². The lowest BCUT2D eigenvalue weighted by Crippen LogP contribution is -2.26. The number of rotatable bonds is 11. The van der Waals surface area contributed by atoms with E-state index in [1.165, 1.54) is 12.8 Å². The van der Waals surface area contributed by atoms with Crippen LogP contribution in [-0.2, 0) is 22.9 Å². The number of aryl methyl sites for hydroxylation is 1. The number of aromatic amines is 1. The molecule has 186 valence electrons. The van der Waals surface area contributed by atoms with Gasteiger partial charge in [-0.05, 0) is 60.5 Å². The van der Waals surface area contributed by atoms with E-state index in [0.717, 1.165) is 45.5 Å². The fourth-order valence-corrected chi connectivity index (χ4v) is 6.12. The molecule has 0 saturated carbocycles. The first-order valence-electron chi connectivity index (χ1n) is 12.2. The summed E-state index contributed by atoms with van der Waals surface area (Å²) in [6, 6.07) is 21.0. The minimum atomic E-state index is -3.62. The number of H-pyrrole nitrogens is 1. The molecule has 0 bridgehead atoms. The minimum absolute atomic E-state index is 0.242. The third-order valence-corrected chi connectivity index (χ3v) is 8.63. The lowest BCUT2D eigenvalue weighted by atomic mass is 10.1. The Morgan fingerprint density at radius 1 is 1.00 bits per heavy atom. The predicted octanol–water partition coefficient (Wildman–Crippen LogP) is 6.81. The maximum absolute atomic E-state index is 13.0. The van der Waals surface area contributed by atoms with Gasteiger partial charge in [0, 0.05) is 17.5 Å². The zero-order valence-electron chi connectivity index (χ0n) is 20.2. The Morgan fingerprint density at radius 2 is 1.83 bits per heavy atom. The number of hydrogen-bond acceptors (Lipinski definition) is 5. The summed E-state index contributed by atoms with van der Waals surface area (Å²) in [5, 5.41) is 10.7. The smallest absolute Gasteiger partial charge is 0.240 e. The van der Waals surface area contributed by atoms with Crippen LogP contribution in [0.4, 0.5) is 0 Å². The predicted molar refractivity (Wildman–Crippen MR) is 146 cm³/mol. The number of unbranched alkanes of at least 4 members (excludes halogenated alkanes) is 2. The number of nitrogens with one attached hydrogen (secondary N) is 2. The molecule has 6 nitrogen and oxygen atoms in total. The standard InChI is InChI=1S/C28H29N3O3S2/c1-2-3-4-8-20-12-14-22(15-13-20)36(32,33)29-17-16-23-27(30-31-28(23)26-11-7-18-35-26)25-19-21-9-5-6-10-24(21)34-25/h5-7,9-15,18-19,29H,2-4,8,16-17H2,1H3,(H,30,31). The topological polar surface area (TPSA) is 88.0 Å². The van der Waals surface area contributed by atoms with Gasteiger partial charge >= 0.3 is 0 Å². The Bertz CT molecular complexity index is 1500. The number of hydrogen-bond donors (Lipinski definition) is 2. The number of aromatic nitrogens is 2. The van der Waals surface area contributed by atoms with E-state index in [2.05, 4.69) is 21.8 Å². The van der Waals surface area contributed by atoms with Crippen molar-refractivity contribution in [1.29, 1.82) is 0 Å². The van der Waals surface area contributed by atoms with E-state index in [1.807, 2.05) is 60.0 Å². The fourth-order valence-electron chi connectivity index (χ4n) is 4.34. The van der Waals surface area contributed by atoms with E-state index in [4.69, 9.17) is 4.42 Å². The number of benzene rings is 2. The molecule has 0 spiro atoms. The maximum Gasteiger partial charge on any atom is 0.240 e. The number of fused-ring (bicyclic) bond motifs is 1. The van der Waals surface area contributed by atoms with Crippen LogP contribution in [0.1, 0.15) is 37.3 Å². The van der Waals surface area contributed by atoms with Gasteiger partial charge in [-0.2, -0.15) is 5.10 Å². The third-order valence-electron chi connectivity index (χ3n) is 6.26. The second kappa shape index (κ2) is 10.8. The van der Waals surface area contributed by atoms with Gasteiger partial charge in [0.1, 0.15) is 11.3 Å². The largest absolute Gasteiger partial charge is 0.454 e. The van der Waals surface area contributed by atoms with Gasteiger partial charge in [-0.1, -0.05) is 56.2 Å². The van der Waals surface area contributed by atoms with Gasteiger partial charge in [0.2, 0.25) is 10.0 Å². The van der Waals surface area contributed by atoms with Crippen molar-refractivity contribution in [2.75, 3.05) is 6.54 Å². The third kappa shape index (κ3) is 5.31. The van der Waals surface area contributed by atoms with Gasteiger partial charge in [-0.15, -0.1) is 11.3 Å². The molecule has 2 N–H and O–H groups in total. The first kappa shape index (κ1) is 24.5. The lowest BCUT2D eigenvalue weighted by Gasteiger charge is -2.09. The Morgan fingerprint density at radius 3 is 2.58 bits per heavy atom. The summed E-state index contributed by atoms with van der Waals surface area (Å²) in [6.07, 6.45) is 4.90. The van der Waals surface area contributed by atoms with Crippen LogP contribution in [0, 0.1) is 0 Å². The highest BCUT2D eigenvalue weighted by molar-refractivity contribution is 7.89. The van der Waals surface area contributed by atoms with Crippen molar-refractivity contribution in [2.24, 2.45) is 0 Å². The molecule has 5 aromatic rings. The number of thiophene rings is 1. The Labute approximate surface area is 215 Å². The highest BCUT2D eigenvalue weighted by Crippen LogP contribution is 2.35. The maximum atomic E-state index is 13.0. The molecule has 0 aliphatic rings. The van der Waals surface area contributed by atoms with Gasteiger partial charge in [-0.3, -0.25) is 5.10 Å². The molecule has 3 heterocycles. The lowest BCUT2D eigenvalue weighted by molar-refractivity contribution is 0.581. The SMILES string of the molecule is CCCCCc1ccc(S(=O)(=O)NCCc2c(-c3cc4ccccc4o3)n[nH]c2-c2cccs2)cc1. The van der Waals surface area contributed by atoms with Gasteiger partial charge in [0.15, 0.2) is 5.76 Å². The summed E-state index contributed by atoms with van der Waals surface area (Å²) in [5.74, 6) is 0.659. The van der Waals surface area contributed by atoms with Crippen LogP contribution >= 0.6 is 11.3 Å². The average Bonchev–Trinajstić information content (AvgIpc) is 3.63. The number of sulfonamides is 1. The van der Waals surface area contributed by atoms with E-state index >= 15 is 0 Å². The summed E-state index contributed by atoms with van der Waals surface area (Å²) in [7, 11) is -3.62. The van der Waals surface area contributed by atoms with E-state index < -0.39 is 10.0 Å². The molecule has 0 aliphatic heterocycles. The molecule has 0 atom stereocenters. The molecule has 5 rings (SSSR count). The summed E-state index contributed by atoms with van der Waals surface area (Å²) in [6.45, 7) is 2.42. The van der Waals surface area contributed by atoms with E-state index in [0.29, 0.717) is 17.9 Å². The fraction of sp³-hybridized carbons (Fsp3) is 0.250. The molecule has 3 aromatic heterocycles. The minimum Gasteiger partial charge on any atom is -0.454 e. The Hall–Kier alpha value is -3.20. The zero-order chi connectivity index (χ0) is 25.0. The van der Waals surface area contributed by atoms with Crippen LogP contribution in [0.3, 0.4) is 0 Å². The van der Waals surface area contributed by atoms with Gasteiger partial charge < -0.3 is 4.42 Å². The molecule has 36 heavy (non-hydrogen) atoms. The summed E-state index contributed by atoms with van der Waals surface area (Å²) >= 11 is 1.61. The van der Waals surface area contributed by atoms with Gasteiger partial charge in [0.05, 0.1) is 15.5 Å². The second-order valence-electron chi connectivity index (χ2n) is 8.80. The first-order valence-corrected chi connectivity index (χ1v) is 14.6. The Balaban J connectivity index is 1.35. The van der Waals surface area contributed by atoms with Gasteiger partial charge in [0.25, 0.3) is 0 Å². The van der Waals surface area contributed by atoms with E-state index in [-0.39, 0.29) is 11.4 Å². The molecule has 0 fully saturated rings. The molecule has 0 radical (unpaired) electrons. The Kier molecular flexibility index (Phi) is 7.36. The molecular formula is C28H29N3O3S2. The average molecular weight is 520 g/mol. The van der Waals surface area contributed by atoms with Crippen molar-refractivity contribution in [2.45, 2.75) is 43.9 Å². The van der Waals surface area contributed by atoms with Crippen LogP contribution in [0.15, 0.2) is 81.4 Å². The summed E-state index contributed by atoms with van der Waals surface area (Å²) < 4.78 is 34.8. The monoisotopic (exact) mass is 519 g/mol. The van der Waals surface area contributed by atoms with Crippen LogP contribution in [0.25, 0.3) is 33.0 Å². The van der Waals surface area contributed by atoms with E-state index in [9.17, 15) is 8.42 Å². The van der Waals surface area contributed by atoms with Crippen LogP contribution < -0.4 is 4.72 Å². The second-order valence-corrected chi connectivity index (χ2v) is 11.5. The molecule has 8 heteroatoms. The number of furan rings is 1. The zero-order valence-corrected chi connectivity index (χ0v) is 21.8. The van der Waals surface area contributed by atoms with E-state index in [1.54, 1.807) is 23.5 Å². The molecule has 2 aromatic carbocycles. The summed E-state index contributed by atoms with van der Waals surface area (Å²) in [4.78, 5) is 1.33. The molecule has 0 aliphatic carbocycles. The molecule has 0 amide bonds. The molecule has 0 unspecified atom stereocenters. The number of para-hydroxylation sites is 1. The van der Waals surface area contributed by atoms with Gasteiger partial charge in [-0.25, -0.2) is 13.1 Å². The number of nitrogens with zero attached hydrogens (tertiary/aromatic N) is 1. The van der Waals surface area contributed by atoms with Crippen LogP contribution in [0.2, 0.25) is 0 Å². The van der Waals surface area contributed by atoms with Crippen molar-refractivity contribution < 1.29 is 12.8 Å².